The van der Waals surface area contributed by atoms with Crippen LogP contribution in [0.25, 0.3) is 10.1 Å². The predicted molar refractivity (Wildman–Crippen MR) is 95.1 cm³/mol. The van der Waals surface area contributed by atoms with E-state index in [0.29, 0.717) is 0 Å². The lowest BCUT2D eigenvalue weighted by molar-refractivity contribution is 0.281. The van der Waals surface area contributed by atoms with Crippen molar-refractivity contribution in [3.63, 3.8) is 0 Å². The van der Waals surface area contributed by atoms with Crippen molar-refractivity contribution in [2.24, 2.45) is 0 Å². The van der Waals surface area contributed by atoms with Gasteiger partial charge in [-0.15, -0.1) is 11.3 Å². The van der Waals surface area contributed by atoms with Crippen LogP contribution in [0.15, 0.2) is 24.3 Å². The Morgan fingerprint density at radius 2 is 1.90 bits per heavy atom. The van der Waals surface area contributed by atoms with Gasteiger partial charge in [0.05, 0.1) is 0 Å². The molecule has 1 aromatic carbocycles. The average molecular weight is 305 g/mol. The molecule has 116 valence electrons. The highest BCUT2D eigenvalue weighted by Crippen LogP contribution is 2.32. The Balaban J connectivity index is 2.26. The van der Waals surface area contributed by atoms with Gasteiger partial charge in [0.1, 0.15) is 0 Å². The fourth-order valence-electron chi connectivity index (χ4n) is 2.73. The standard InChI is InChI=1S/C18H28N2S/c1-4-11-19-13-18-16(14-20(6-3)12-5-2)15-9-7-8-10-17(15)21-18/h7-10,19H,4-6,11-14H2,1-3H3. The molecule has 0 saturated carbocycles. The molecule has 0 amide bonds. The van der Waals surface area contributed by atoms with E-state index in [1.165, 1.54) is 39.9 Å². The topological polar surface area (TPSA) is 15.3 Å². The van der Waals surface area contributed by atoms with Crippen LogP contribution in [0, 0.1) is 0 Å². The highest BCUT2D eigenvalue weighted by atomic mass is 32.1. The minimum Gasteiger partial charge on any atom is -0.312 e. The third-order valence-corrected chi connectivity index (χ3v) is 5.08. The fraction of sp³-hybridized carbons (Fsp3) is 0.556. The summed E-state index contributed by atoms with van der Waals surface area (Å²) in [6.07, 6.45) is 2.41. The van der Waals surface area contributed by atoms with Gasteiger partial charge in [0.2, 0.25) is 0 Å². The van der Waals surface area contributed by atoms with Crippen LogP contribution in [0.3, 0.4) is 0 Å². The van der Waals surface area contributed by atoms with Gasteiger partial charge in [0, 0.05) is 22.7 Å². The first-order chi connectivity index (χ1) is 10.3. The molecule has 2 rings (SSSR count). The second-order valence-electron chi connectivity index (χ2n) is 5.55. The quantitative estimate of drug-likeness (QED) is 0.679. The monoisotopic (exact) mass is 304 g/mol. The van der Waals surface area contributed by atoms with Gasteiger partial charge >= 0.3 is 0 Å². The molecule has 1 aromatic heterocycles. The van der Waals surface area contributed by atoms with E-state index in [4.69, 9.17) is 0 Å². The number of rotatable bonds is 9. The van der Waals surface area contributed by atoms with Crippen LogP contribution in [0.1, 0.15) is 44.1 Å². The largest absolute Gasteiger partial charge is 0.312 e. The zero-order chi connectivity index (χ0) is 15.1. The molecule has 0 unspecified atom stereocenters. The van der Waals surface area contributed by atoms with E-state index >= 15 is 0 Å². The molecule has 0 radical (unpaired) electrons. The zero-order valence-electron chi connectivity index (χ0n) is 13.6. The number of benzene rings is 1. The van der Waals surface area contributed by atoms with Gasteiger partial charge in [-0.25, -0.2) is 0 Å². The highest BCUT2D eigenvalue weighted by molar-refractivity contribution is 7.19. The molecule has 0 fully saturated rings. The minimum absolute atomic E-state index is 1.01. The van der Waals surface area contributed by atoms with Crippen LogP contribution in [0.4, 0.5) is 0 Å². The molecule has 0 atom stereocenters. The maximum atomic E-state index is 3.57. The third-order valence-electron chi connectivity index (χ3n) is 3.86. The summed E-state index contributed by atoms with van der Waals surface area (Å²) >= 11 is 1.96. The number of nitrogens with one attached hydrogen (secondary N) is 1. The van der Waals surface area contributed by atoms with E-state index in [-0.39, 0.29) is 0 Å². The van der Waals surface area contributed by atoms with Gasteiger partial charge in [-0.3, -0.25) is 4.90 Å². The summed E-state index contributed by atoms with van der Waals surface area (Å²) in [5.41, 5.74) is 1.54. The molecule has 0 saturated heterocycles. The van der Waals surface area contributed by atoms with Crippen LogP contribution < -0.4 is 5.32 Å². The Bertz CT molecular complexity index is 547. The molecule has 0 aliphatic rings. The molecule has 0 bridgehead atoms. The van der Waals surface area contributed by atoms with Crippen molar-refractivity contribution in [1.82, 2.24) is 10.2 Å². The second kappa shape index (κ2) is 8.52. The van der Waals surface area contributed by atoms with Crippen molar-refractivity contribution in [2.45, 2.75) is 46.7 Å². The van der Waals surface area contributed by atoms with Crippen LogP contribution in [-0.4, -0.2) is 24.5 Å². The Morgan fingerprint density at radius 3 is 2.62 bits per heavy atom. The molecule has 21 heavy (non-hydrogen) atoms. The molecule has 1 N–H and O–H groups in total. The first-order valence-corrected chi connectivity index (χ1v) is 9.04. The molecular weight excluding hydrogens is 276 g/mol. The lowest BCUT2D eigenvalue weighted by Crippen LogP contribution is -2.24. The first-order valence-electron chi connectivity index (χ1n) is 8.22. The van der Waals surface area contributed by atoms with Gasteiger partial charge < -0.3 is 5.32 Å². The van der Waals surface area contributed by atoms with E-state index in [9.17, 15) is 0 Å². The smallest absolute Gasteiger partial charge is 0.0349 e. The summed E-state index contributed by atoms with van der Waals surface area (Å²) < 4.78 is 1.42. The van der Waals surface area contributed by atoms with Crippen LogP contribution in [-0.2, 0) is 13.1 Å². The maximum absolute atomic E-state index is 3.57. The summed E-state index contributed by atoms with van der Waals surface area (Å²) in [6.45, 7) is 12.2. The highest BCUT2D eigenvalue weighted by Gasteiger charge is 2.14. The zero-order valence-corrected chi connectivity index (χ0v) is 14.4. The summed E-state index contributed by atoms with van der Waals surface area (Å²) in [5, 5.41) is 5.02. The molecular formula is C18H28N2S. The SMILES string of the molecule is CCCNCc1sc2ccccc2c1CN(CC)CCC. The maximum Gasteiger partial charge on any atom is 0.0349 e. The van der Waals surface area contributed by atoms with Crippen LogP contribution in [0.2, 0.25) is 0 Å². The number of fused-ring (bicyclic) bond motifs is 1. The number of thiophene rings is 1. The van der Waals surface area contributed by atoms with E-state index in [0.717, 1.165) is 26.2 Å². The van der Waals surface area contributed by atoms with Crippen molar-refractivity contribution in [2.75, 3.05) is 19.6 Å². The lowest BCUT2D eigenvalue weighted by atomic mass is 10.1. The van der Waals surface area contributed by atoms with Gasteiger partial charge in [0.25, 0.3) is 0 Å². The van der Waals surface area contributed by atoms with E-state index in [2.05, 4.69) is 55.3 Å². The van der Waals surface area contributed by atoms with E-state index in [1.54, 1.807) is 0 Å². The summed E-state index contributed by atoms with van der Waals surface area (Å²) in [7, 11) is 0. The lowest BCUT2D eigenvalue weighted by Gasteiger charge is -2.20. The molecule has 0 spiro atoms. The molecule has 1 heterocycles. The van der Waals surface area contributed by atoms with Gasteiger partial charge in [-0.1, -0.05) is 39.0 Å². The van der Waals surface area contributed by atoms with Crippen molar-refractivity contribution in [3.8, 4) is 0 Å². The molecule has 0 aliphatic heterocycles. The summed E-state index contributed by atoms with van der Waals surface area (Å²) in [6, 6.07) is 8.85. The number of hydrogen-bond donors (Lipinski definition) is 1. The van der Waals surface area contributed by atoms with Crippen molar-refractivity contribution >= 4 is 21.4 Å². The molecule has 2 aromatic rings. The number of nitrogens with zero attached hydrogens (tertiary/aromatic N) is 1. The Labute approximate surface area is 133 Å². The van der Waals surface area contributed by atoms with Gasteiger partial charge in [-0.05, 0) is 49.5 Å². The Hall–Kier alpha value is -0.900. The summed E-state index contributed by atoms with van der Waals surface area (Å²) in [4.78, 5) is 4.07. The van der Waals surface area contributed by atoms with Crippen LogP contribution in [0.5, 0.6) is 0 Å². The molecule has 2 nitrogen and oxygen atoms in total. The Kier molecular flexibility index (Phi) is 6.68. The van der Waals surface area contributed by atoms with Gasteiger partial charge in [-0.2, -0.15) is 0 Å². The molecule has 3 heteroatoms. The third kappa shape index (κ3) is 4.29. The Morgan fingerprint density at radius 1 is 1.10 bits per heavy atom. The summed E-state index contributed by atoms with van der Waals surface area (Å²) in [5.74, 6) is 0. The van der Waals surface area contributed by atoms with E-state index < -0.39 is 0 Å². The average Bonchev–Trinajstić information content (AvgIpc) is 2.85. The fourth-order valence-corrected chi connectivity index (χ4v) is 3.92. The van der Waals surface area contributed by atoms with Crippen molar-refractivity contribution < 1.29 is 0 Å². The normalized spacial score (nSPS) is 11.6. The second-order valence-corrected chi connectivity index (χ2v) is 6.68. The van der Waals surface area contributed by atoms with Crippen molar-refractivity contribution in [1.29, 1.82) is 0 Å². The van der Waals surface area contributed by atoms with Crippen molar-refractivity contribution in [3.05, 3.63) is 34.7 Å². The predicted octanol–water partition coefficient (Wildman–Crippen LogP) is 4.63. The van der Waals surface area contributed by atoms with Gasteiger partial charge in [0.15, 0.2) is 0 Å². The molecule has 0 aliphatic carbocycles. The van der Waals surface area contributed by atoms with E-state index in [1.807, 2.05) is 11.3 Å². The number of hydrogen-bond acceptors (Lipinski definition) is 3. The minimum atomic E-state index is 1.01. The first kappa shape index (κ1) is 16.5. The van der Waals surface area contributed by atoms with Crippen LogP contribution >= 0.6 is 11.3 Å².